The van der Waals surface area contributed by atoms with Crippen LogP contribution in [0.25, 0.3) is 0 Å². The molecule has 1 amide bonds. The van der Waals surface area contributed by atoms with Crippen LogP contribution in [0, 0.1) is 0 Å². The molecule has 0 aliphatic carbocycles. The number of ether oxygens (including phenoxy) is 1. The van der Waals surface area contributed by atoms with E-state index in [9.17, 15) is 13.2 Å². The van der Waals surface area contributed by atoms with Crippen LogP contribution in [0.2, 0.25) is 5.02 Å². The summed E-state index contributed by atoms with van der Waals surface area (Å²) in [5.74, 6) is 0.212. The van der Waals surface area contributed by atoms with Crippen LogP contribution < -0.4 is 25.6 Å². The number of hydrogen-bond donors (Lipinski definition) is 3. The monoisotopic (exact) mass is 624 g/mol. The summed E-state index contributed by atoms with van der Waals surface area (Å²) in [6, 6.07) is 9.93. The summed E-state index contributed by atoms with van der Waals surface area (Å²) in [6.07, 6.45) is 1.38. The molecule has 0 saturated carbocycles. The molecule has 3 aromatic rings. The number of carbonyl (C=O) groups excluding carboxylic acids is 1. The first kappa shape index (κ1) is 32.2. The zero-order valence-electron chi connectivity index (χ0n) is 23.7. The Hall–Kier alpha value is -3.36. The predicted octanol–water partition coefficient (Wildman–Crippen LogP) is 4.05. The van der Waals surface area contributed by atoms with Crippen molar-refractivity contribution in [3.8, 4) is 5.75 Å². The minimum Gasteiger partial charge on any atom is -0.494 e. The van der Waals surface area contributed by atoms with Gasteiger partial charge in [0.25, 0.3) is 0 Å². The third-order valence-electron chi connectivity index (χ3n) is 5.90. The Morgan fingerprint density at radius 1 is 1.00 bits per heavy atom. The van der Waals surface area contributed by atoms with Gasteiger partial charge in [0.15, 0.2) is 5.82 Å². The highest BCUT2D eigenvalue weighted by Crippen LogP contribution is 2.38. The van der Waals surface area contributed by atoms with Crippen LogP contribution in [0.4, 0.5) is 34.5 Å². The molecule has 0 saturated heterocycles. The summed E-state index contributed by atoms with van der Waals surface area (Å²) in [7, 11) is 6.56. The number of hydrogen-bond acceptors (Lipinski definition) is 10. The lowest BCUT2D eigenvalue weighted by atomic mass is 10.2. The van der Waals surface area contributed by atoms with E-state index in [-0.39, 0.29) is 33.5 Å². The summed E-state index contributed by atoms with van der Waals surface area (Å²) >= 11 is 12.1. The zero-order valence-corrected chi connectivity index (χ0v) is 26.0. The molecule has 0 fully saturated rings. The molecule has 3 rings (SSSR count). The number of rotatable bonds is 13. The topological polar surface area (TPSA) is 132 Å². The Kier molecular flexibility index (Phi) is 11.0. The van der Waals surface area contributed by atoms with Crippen molar-refractivity contribution in [1.29, 1.82) is 0 Å². The second kappa shape index (κ2) is 14.0. The minimum atomic E-state index is -3.74. The first-order valence-corrected chi connectivity index (χ1v) is 14.7. The number of sulfonamides is 1. The van der Waals surface area contributed by atoms with Crippen LogP contribution in [0.1, 0.15) is 0 Å². The van der Waals surface area contributed by atoms with Crippen molar-refractivity contribution in [2.24, 2.45) is 0 Å². The normalized spacial score (nSPS) is 11.5. The van der Waals surface area contributed by atoms with Gasteiger partial charge in [-0.1, -0.05) is 23.7 Å². The average molecular weight is 626 g/mol. The Morgan fingerprint density at radius 3 is 2.34 bits per heavy atom. The fourth-order valence-electron chi connectivity index (χ4n) is 3.66. The van der Waals surface area contributed by atoms with Gasteiger partial charge in [-0.15, -0.1) is 11.6 Å². The molecule has 15 heteroatoms. The summed E-state index contributed by atoms with van der Waals surface area (Å²) in [5, 5.41) is 9.12. The van der Waals surface area contributed by atoms with E-state index in [0.29, 0.717) is 29.4 Å². The summed E-state index contributed by atoms with van der Waals surface area (Å²) < 4.78 is 32.4. The lowest BCUT2D eigenvalue weighted by molar-refractivity contribution is -0.113. The maximum Gasteiger partial charge on any atom is 0.244 e. The molecule has 2 aromatic carbocycles. The second-order valence-corrected chi connectivity index (χ2v) is 12.2. The number of methoxy groups -OCH3 is 1. The lowest BCUT2D eigenvalue weighted by Crippen LogP contribution is -2.29. The SMILES string of the molecule is COc1cc(N(C)CCN(C)C)c(NC(=O)CCl)cc1Nc1ncc(Cl)c(Nc2ccccc2S(=O)(=O)N(C)C)n1. The average Bonchev–Trinajstić information content (AvgIpc) is 2.93. The third-order valence-corrected chi connectivity index (χ3v) is 8.29. The highest BCUT2D eigenvalue weighted by Gasteiger charge is 2.22. The van der Waals surface area contributed by atoms with E-state index in [0.717, 1.165) is 16.5 Å². The quantitative estimate of drug-likeness (QED) is 0.239. The van der Waals surface area contributed by atoms with E-state index in [2.05, 4.69) is 30.8 Å². The van der Waals surface area contributed by atoms with Crippen LogP contribution in [0.3, 0.4) is 0 Å². The molecule has 12 nitrogen and oxygen atoms in total. The first-order chi connectivity index (χ1) is 19.4. The van der Waals surface area contributed by atoms with E-state index < -0.39 is 10.0 Å². The summed E-state index contributed by atoms with van der Waals surface area (Å²) in [6.45, 7) is 1.47. The number of carbonyl (C=O) groups is 1. The van der Waals surface area contributed by atoms with Crippen molar-refractivity contribution in [3.05, 3.63) is 47.6 Å². The number of aromatic nitrogens is 2. The molecule has 0 spiro atoms. The van der Waals surface area contributed by atoms with Crippen LogP contribution in [-0.4, -0.2) is 94.8 Å². The maximum atomic E-state index is 12.8. The molecule has 1 heterocycles. The van der Waals surface area contributed by atoms with E-state index in [1.807, 2.05) is 26.0 Å². The van der Waals surface area contributed by atoms with Crippen LogP contribution in [0.5, 0.6) is 5.75 Å². The van der Waals surface area contributed by atoms with E-state index in [1.54, 1.807) is 30.3 Å². The van der Waals surface area contributed by atoms with Crippen molar-refractivity contribution in [2.45, 2.75) is 4.90 Å². The molecule has 1 aromatic heterocycles. The highest BCUT2D eigenvalue weighted by molar-refractivity contribution is 7.89. The number of nitrogens with zero attached hydrogens (tertiary/aromatic N) is 5. The third kappa shape index (κ3) is 8.11. The van der Waals surface area contributed by atoms with Crippen LogP contribution >= 0.6 is 23.2 Å². The molecule has 0 unspecified atom stereocenters. The molecular formula is C26H34Cl2N8O4S. The van der Waals surface area contributed by atoms with Crippen LogP contribution in [-0.2, 0) is 14.8 Å². The molecule has 0 aliphatic heterocycles. The maximum absolute atomic E-state index is 12.8. The number of amides is 1. The number of halogens is 2. The van der Waals surface area contributed by atoms with E-state index in [4.69, 9.17) is 27.9 Å². The molecule has 0 aliphatic rings. The van der Waals surface area contributed by atoms with Crippen molar-refractivity contribution >= 4 is 73.6 Å². The van der Waals surface area contributed by atoms with Gasteiger partial charge in [0.1, 0.15) is 21.5 Å². The molecule has 0 atom stereocenters. The van der Waals surface area contributed by atoms with Gasteiger partial charge in [0, 0.05) is 40.3 Å². The van der Waals surface area contributed by atoms with Gasteiger partial charge in [-0.25, -0.2) is 17.7 Å². The van der Waals surface area contributed by atoms with Gasteiger partial charge in [-0.2, -0.15) is 4.98 Å². The fraction of sp³-hybridized carbons (Fsp3) is 0.346. The Labute approximate surface area is 250 Å². The van der Waals surface area contributed by atoms with Crippen LogP contribution in [0.15, 0.2) is 47.5 Å². The summed E-state index contributed by atoms with van der Waals surface area (Å²) in [5.41, 5.74) is 1.99. The Morgan fingerprint density at radius 2 is 1.71 bits per heavy atom. The van der Waals surface area contributed by atoms with E-state index >= 15 is 0 Å². The number of benzene rings is 2. The predicted molar refractivity (Wildman–Crippen MR) is 165 cm³/mol. The Bertz CT molecular complexity index is 1490. The molecule has 41 heavy (non-hydrogen) atoms. The van der Waals surface area contributed by atoms with Gasteiger partial charge in [-0.05, 0) is 32.3 Å². The minimum absolute atomic E-state index is 0.0597. The molecule has 0 bridgehead atoms. The smallest absolute Gasteiger partial charge is 0.244 e. The number of anilines is 6. The van der Waals surface area contributed by atoms with Gasteiger partial charge < -0.3 is 30.5 Å². The van der Waals surface area contributed by atoms with E-state index in [1.165, 1.54) is 33.5 Å². The largest absolute Gasteiger partial charge is 0.494 e. The van der Waals surface area contributed by atoms with Crippen molar-refractivity contribution in [3.63, 3.8) is 0 Å². The van der Waals surface area contributed by atoms with Gasteiger partial charge in [0.05, 0.1) is 36.1 Å². The zero-order chi connectivity index (χ0) is 30.3. The van der Waals surface area contributed by atoms with Gasteiger partial charge in [-0.3, -0.25) is 4.79 Å². The number of likely N-dealkylation sites (N-methyl/N-ethyl adjacent to an activating group) is 2. The first-order valence-electron chi connectivity index (χ1n) is 12.4. The Balaban J connectivity index is 1.99. The fourth-order valence-corrected chi connectivity index (χ4v) is 4.91. The van der Waals surface area contributed by atoms with Crippen molar-refractivity contribution in [1.82, 2.24) is 19.2 Å². The second-order valence-electron chi connectivity index (χ2n) is 9.40. The number of nitrogens with one attached hydrogen (secondary N) is 3. The molecule has 3 N–H and O–H groups in total. The molecule has 0 radical (unpaired) electrons. The lowest BCUT2D eigenvalue weighted by Gasteiger charge is -2.26. The summed E-state index contributed by atoms with van der Waals surface area (Å²) in [4.78, 5) is 25.1. The van der Waals surface area contributed by atoms with Gasteiger partial charge in [0.2, 0.25) is 21.9 Å². The molecular weight excluding hydrogens is 591 g/mol. The number of alkyl halides is 1. The van der Waals surface area contributed by atoms with Crippen molar-refractivity contribution < 1.29 is 17.9 Å². The van der Waals surface area contributed by atoms with Crippen molar-refractivity contribution in [2.75, 3.05) is 82.2 Å². The standard InChI is InChI=1S/C26H34Cl2N8O4S/c1-34(2)11-12-36(5)21-14-22(40-6)20(13-19(21)30-24(37)15-27)32-26-29-16-17(28)25(33-26)31-18-9-7-8-10-23(18)41(38,39)35(3)4/h7-10,13-14,16H,11-12,15H2,1-6H3,(H,30,37)(H2,29,31,32,33). The number of para-hydroxylation sites is 1. The van der Waals surface area contributed by atoms with Gasteiger partial charge >= 0.3 is 0 Å². The highest BCUT2D eigenvalue weighted by atomic mass is 35.5. The molecule has 222 valence electrons.